The van der Waals surface area contributed by atoms with Crippen molar-refractivity contribution in [3.63, 3.8) is 0 Å². The third-order valence-electron chi connectivity index (χ3n) is 4.46. The summed E-state index contributed by atoms with van der Waals surface area (Å²) in [7, 11) is 0. The molecule has 1 aliphatic carbocycles. The van der Waals surface area contributed by atoms with Crippen molar-refractivity contribution in [3.05, 3.63) is 52.3 Å². The summed E-state index contributed by atoms with van der Waals surface area (Å²) < 4.78 is 5.98. The maximum Gasteiger partial charge on any atom is 0.269 e. The van der Waals surface area contributed by atoms with E-state index in [4.69, 9.17) is 27.3 Å². The Labute approximate surface area is 150 Å². The molecule has 0 atom stereocenters. The molecule has 3 rings (SSSR count). The fourth-order valence-electron chi connectivity index (χ4n) is 3.21. The van der Waals surface area contributed by atoms with Crippen LogP contribution in [0, 0.1) is 11.3 Å². The first-order chi connectivity index (χ1) is 12.1. The molecule has 1 aromatic carbocycles. The zero-order valence-corrected chi connectivity index (χ0v) is 14.2. The summed E-state index contributed by atoms with van der Waals surface area (Å²) in [5, 5.41) is 16.9. The maximum atomic E-state index is 11.5. The second-order valence-electron chi connectivity index (χ2n) is 6.04. The normalized spacial score (nSPS) is 19.8. The van der Waals surface area contributed by atoms with Gasteiger partial charge in [0.15, 0.2) is 5.69 Å². The van der Waals surface area contributed by atoms with Gasteiger partial charge in [-0.2, -0.15) is 10.4 Å². The van der Waals surface area contributed by atoms with Crippen LogP contribution in [0.15, 0.2) is 30.5 Å². The molecule has 2 N–H and O–H groups in total. The highest BCUT2D eigenvalue weighted by Crippen LogP contribution is 2.35. The Kier molecular flexibility index (Phi) is 5.15. The lowest BCUT2D eigenvalue weighted by Gasteiger charge is -2.29. The number of primary amides is 1. The number of nitrogens with two attached hydrogens (primary N) is 1. The molecule has 1 aromatic heterocycles. The molecule has 1 heterocycles. The summed E-state index contributed by atoms with van der Waals surface area (Å²) in [5.74, 6) is 0.340. The summed E-state index contributed by atoms with van der Waals surface area (Å²) in [4.78, 5) is 11.5. The van der Waals surface area contributed by atoms with Crippen LogP contribution < -0.4 is 10.5 Å². The molecule has 0 spiro atoms. The fourth-order valence-corrected chi connectivity index (χ4v) is 3.42. The Bertz CT molecular complexity index is 826. The minimum Gasteiger partial charge on any atom is -0.490 e. The van der Waals surface area contributed by atoms with Gasteiger partial charge in [0.05, 0.1) is 16.7 Å². The third kappa shape index (κ3) is 3.89. The number of carbonyl (C=O) groups excluding carboxylic acids is 1. The van der Waals surface area contributed by atoms with Crippen molar-refractivity contribution in [1.82, 2.24) is 10.2 Å². The molecule has 7 heteroatoms. The van der Waals surface area contributed by atoms with Crippen LogP contribution in [0.5, 0.6) is 5.75 Å². The van der Waals surface area contributed by atoms with Gasteiger partial charge in [-0.25, -0.2) is 0 Å². The van der Waals surface area contributed by atoms with Crippen LogP contribution in [0.4, 0.5) is 0 Å². The summed E-state index contributed by atoms with van der Waals surface area (Å²) in [6.45, 7) is 0. The lowest BCUT2D eigenvalue weighted by atomic mass is 9.82. The van der Waals surface area contributed by atoms with Crippen molar-refractivity contribution in [2.45, 2.75) is 37.7 Å². The number of amides is 1. The van der Waals surface area contributed by atoms with Crippen LogP contribution in [0.1, 0.15) is 53.2 Å². The zero-order chi connectivity index (χ0) is 17.8. The number of rotatable bonds is 4. The Hall–Kier alpha value is -2.65. The molecule has 1 amide bonds. The Morgan fingerprint density at radius 1 is 1.28 bits per heavy atom. The van der Waals surface area contributed by atoms with Crippen molar-refractivity contribution in [2.75, 3.05) is 0 Å². The van der Waals surface area contributed by atoms with Gasteiger partial charge in [-0.15, -0.1) is 5.10 Å². The van der Waals surface area contributed by atoms with E-state index in [1.165, 1.54) is 0 Å². The third-order valence-corrected chi connectivity index (χ3v) is 4.78. The average molecular weight is 357 g/mol. The summed E-state index contributed by atoms with van der Waals surface area (Å²) in [5.41, 5.74) is 6.94. The van der Waals surface area contributed by atoms with Gasteiger partial charge in [-0.3, -0.25) is 4.79 Å². The van der Waals surface area contributed by atoms with Gasteiger partial charge in [0, 0.05) is 12.3 Å². The molecular formula is C18H17ClN4O2. The Balaban J connectivity index is 1.64. The quantitative estimate of drug-likeness (QED) is 0.906. The molecule has 25 heavy (non-hydrogen) atoms. The molecular weight excluding hydrogens is 340 g/mol. The molecule has 0 aliphatic heterocycles. The lowest BCUT2D eigenvalue weighted by Crippen LogP contribution is -2.25. The lowest BCUT2D eigenvalue weighted by molar-refractivity contribution is 0.0991. The number of halogens is 1. The SMILES string of the molecule is N#Cc1ccc(OC2CCC(c3ccnnc3C(N)=O)CC2)cc1Cl. The number of aromatic nitrogens is 2. The standard InChI is InChI=1S/C18H17ClN4O2/c19-16-9-14(6-3-12(16)10-20)25-13-4-1-11(2-5-13)15-7-8-22-23-17(15)18(21)24/h3,6-9,11,13H,1-2,4-5H2,(H2,21,24). The van der Waals surface area contributed by atoms with Crippen LogP contribution in [-0.2, 0) is 0 Å². The molecule has 0 radical (unpaired) electrons. The number of nitrogens with zero attached hydrogens (tertiary/aromatic N) is 3. The second kappa shape index (κ2) is 7.49. The molecule has 6 nitrogen and oxygen atoms in total. The van der Waals surface area contributed by atoms with Crippen LogP contribution in [0.3, 0.4) is 0 Å². The monoisotopic (exact) mass is 356 g/mol. The highest BCUT2D eigenvalue weighted by molar-refractivity contribution is 6.31. The molecule has 128 valence electrons. The molecule has 1 saturated carbocycles. The first kappa shape index (κ1) is 17.2. The zero-order valence-electron chi connectivity index (χ0n) is 13.5. The van der Waals surface area contributed by atoms with Gasteiger partial charge >= 0.3 is 0 Å². The van der Waals surface area contributed by atoms with E-state index in [9.17, 15) is 4.79 Å². The summed E-state index contributed by atoms with van der Waals surface area (Å²) >= 11 is 6.04. The Morgan fingerprint density at radius 2 is 2.04 bits per heavy atom. The van der Waals surface area contributed by atoms with Crippen LogP contribution in [0.25, 0.3) is 0 Å². The smallest absolute Gasteiger partial charge is 0.269 e. The summed E-state index contributed by atoms with van der Waals surface area (Å²) in [6, 6.07) is 8.93. The van der Waals surface area contributed by atoms with Crippen molar-refractivity contribution < 1.29 is 9.53 Å². The molecule has 1 aliphatic rings. The van der Waals surface area contributed by atoms with E-state index in [0.29, 0.717) is 16.3 Å². The van der Waals surface area contributed by atoms with Gasteiger partial charge in [0.25, 0.3) is 5.91 Å². The number of ether oxygens (including phenoxy) is 1. The van der Waals surface area contributed by atoms with E-state index in [1.807, 2.05) is 12.1 Å². The van der Waals surface area contributed by atoms with Gasteiger partial charge in [-0.05, 0) is 55.4 Å². The number of benzene rings is 1. The van der Waals surface area contributed by atoms with Gasteiger partial charge in [0.2, 0.25) is 0 Å². The minimum absolute atomic E-state index is 0.0760. The topological polar surface area (TPSA) is 102 Å². The molecule has 0 bridgehead atoms. The van der Waals surface area contributed by atoms with Crippen molar-refractivity contribution in [1.29, 1.82) is 5.26 Å². The number of hydrogen-bond donors (Lipinski definition) is 1. The van der Waals surface area contributed by atoms with Crippen molar-refractivity contribution in [2.24, 2.45) is 5.73 Å². The number of carbonyl (C=O) groups is 1. The first-order valence-corrected chi connectivity index (χ1v) is 8.44. The highest BCUT2D eigenvalue weighted by Gasteiger charge is 2.27. The van der Waals surface area contributed by atoms with E-state index in [-0.39, 0.29) is 17.7 Å². The minimum atomic E-state index is -0.548. The maximum absolute atomic E-state index is 11.5. The largest absolute Gasteiger partial charge is 0.490 e. The predicted octanol–water partition coefficient (Wildman–Crippen LogP) is 3.21. The summed E-state index contributed by atoms with van der Waals surface area (Å²) in [6.07, 6.45) is 5.11. The van der Waals surface area contributed by atoms with E-state index in [1.54, 1.807) is 24.4 Å². The van der Waals surface area contributed by atoms with Crippen molar-refractivity contribution in [3.8, 4) is 11.8 Å². The molecule has 2 aromatic rings. The number of nitriles is 1. The second-order valence-corrected chi connectivity index (χ2v) is 6.45. The Morgan fingerprint density at radius 3 is 2.68 bits per heavy atom. The highest BCUT2D eigenvalue weighted by atomic mass is 35.5. The van der Waals surface area contributed by atoms with Crippen LogP contribution >= 0.6 is 11.6 Å². The van der Waals surface area contributed by atoms with Crippen molar-refractivity contribution >= 4 is 17.5 Å². The molecule has 0 unspecified atom stereocenters. The molecule has 0 saturated heterocycles. The first-order valence-electron chi connectivity index (χ1n) is 8.06. The van der Waals surface area contributed by atoms with Gasteiger partial charge < -0.3 is 10.5 Å². The van der Waals surface area contributed by atoms with E-state index >= 15 is 0 Å². The predicted molar refractivity (Wildman–Crippen MR) is 92.3 cm³/mol. The van der Waals surface area contributed by atoms with E-state index < -0.39 is 5.91 Å². The van der Waals surface area contributed by atoms with Crippen LogP contribution in [0.2, 0.25) is 5.02 Å². The van der Waals surface area contributed by atoms with Gasteiger partial charge in [0.1, 0.15) is 11.8 Å². The average Bonchev–Trinajstić information content (AvgIpc) is 2.62. The van der Waals surface area contributed by atoms with Gasteiger partial charge in [-0.1, -0.05) is 11.6 Å². The van der Waals surface area contributed by atoms with E-state index in [0.717, 1.165) is 31.2 Å². The number of hydrogen-bond acceptors (Lipinski definition) is 5. The molecule has 1 fully saturated rings. The fraction of sp³-hybridized carbons (Fsp3) is 0.333. The van der Waals surface area contributed by atoms with E-state index in [2.05, 4.69) is 10.2 Å². The van der Waals surface area contributed by atoms with Crippen LogP contribution in [-0.4, -0.2) is 22.2 Å².